The molecule has 1 amide bonds. The van der Waals surface area contributed by atoms with Crippen LogP contribution < -0.4 is 4.90 Å². The highest BCUT2D eigenvalue weighted by molar-refractivity contribution is 7.90. The number of carbonyl (C=O) groups is 1. The molecule has 0 spiro atoms. The van der Waals surface area contributed by atoms with Crippen molar-refractivity contribution in [3.63, 3.8) is 0 Å². The summed E-state index contributed by atoms with van der Waals surface area (Å²) in [7, 11) is -1.76. The van der Waals surface area contributed by atoms with Gasteiger partial charge in [0.05, 0.1) is 5.75 Å². The Bertz CT molecular complexity index is 830. The van der Waals surface area contributed by atoms with E-state index in [1.807, 2.05) is 34.9 Å². The Morgan fingerprint density at radius 2 is 2.00 bits per heavy atom. The van der Waals surface area contributed by atoms with Crippen molar-refractivity contribution in [3.05, 3.63) is 42.0 Å². The standard InChI is InChI=1S/C16H20N4O3S/c1-19(13-6-3-2-4-7-13)16(21)9-11-24(22,23)12-15-18-17-14-8-5-10-20(14)15/h2-4,6-7H,5,8-12H2,1H3. The van der Waals surface area contributed by atoms with Gasteiger partial charge in [-0.15, -0.1) is 10.2 Å². The summed E-state index contributed by atoms with van der Waals surface area (Å²) < 4.78 is 26.5. The van der Waals surface area contributed by atoms with Gasteiger partial charge in [-0.3, -0.25) is 4.79 Å². The molecule has 0 radical (unpaired) electrons. The van der Waals surface area contributed by atoms with Gasteiger partial charge in [0.1, 0.15) is 17.4 Å². The van der Waals surface area contributed by atoms with E-state index in [-0.39, 0.29) is 23.8 Å². The fourth-order valence-corrected chi connectivity index (χ4v) is 4.03. The molecule has 0 N–H and O–H groups in total. The smallest absolute Gasteiger partial charge is 0.227 e. The Labute approximate surface area is 141 Å². The molecule has 24 heavy (non-hydrogen) atoms. The minimum absolute atomic E-state index is 0.0469. The molecule has 0 unspecified atom stereocenters. The minimum atomic E-state index is -3.41. The number of nitrogens with zero attached hydrogens (tertiary/aromatic N) is 4. The van der Waals surface area contributed by atoms with Crippen molar-refractivity contribution >= 4 is 21.4 Å². The summed E-state index contributed by atoms with van der Waals surface area (Å²) in [6.45, 7) is 0.767. The normalized spacial score (nSPS) is 13.7. The van der Waals surface area contributed by atoms with Crippen LogP contribution in [0, 0.1) is 0 Å². The van der Waals surface area contributed by atoms with E-state index in [1.165, 1.54) is 4.90 Å². The van der Waals surface area contributed by atoms with E-state index in [0.717, 1.165) is 30.9 Å². The number of fused-ring (bicyclic) bond motifs is 1. The van der Waals surface area contributed by atoms with E-state index < -0.39 is 9.84 Å². The van der Waals surface area contributed by atoms with Crippen molar-refractivity contribution < 1.29 is 13.2 Å². The van der Waals surface area contributed by atoms with E-state index in [4.69, 9.17) is 0 Å². The predicted molar refractivity (Wildman–Crippen MR) is 90.3 cm³/mol. The van der Waals surface area contributed by atoms with Crippen LogP contribution in [0.3, 0.4) is 0 Å². The molecular formula is C16H20N4O3S. The number of para-hydroxylation sites is 1. The lowest BCUT2D eigenvalue weighted by Gasteiger charge is -2.17. The molecular weight excluding hydrogens is 328 g/mol. The first-order chi connectivity index (χ1) is 11.5. The van der Waals surface area contributed by atoms with Gasteiger partial charge in [-0.05, 0) is 18.6 Å². The molecule has 2 aromatic rings. The first-order valence-electron chi connectivity index (χ1n) is 7.89. The Morgan fingerprint density at radius 3 is 2.75 bits per heavy atom. The highest BCUT2D eigenvalue weighted by Crippen LogP contribution is 2.17. The molecule has 0 saturated heterocycles. The summed E-state index contributed by atoms with van der Waals surface area (Å²) in [6, 6.07) is 9.16. The monoisotopic (exact) mass is 348 g/mol. The molecule has 0 saturated carbocycles. The lowest BCUT2D eigenvalue weighted by atomic mass is 10.3. The first-order valence-corrected chi connectivity index (χ1v) is 9.71. The maximum absolute atomic E-state index is 12.3. The average Bonchev–Trinajstić information content (AvgIpc) is 3.18. The van der Waals surface area contributed by atoms with Crippen LogP contribution in [0.4, 0.5) is 5.69 Å². The third-order valence-electron chi connectivity index (χ3n) is 4.18. The van der Waals surface area contributed by atoms with E-state index in [0.29, 0.717) is 5.82 Å². The molecule has 8 heteroatoms. The van der Waals surface area contributed by atoms with Gasteiger partial charge in [0.15, 0.2) is 9.84 Å². The Balaban J connectivity index is 1.59. The van der Waals surface area contributed by atoms with Gasteiger partial charge in [0.25, 0.3) is 0 Å². The van der Waals surface area contributed by atoms with Crippen molar-refractivity contribution in [1.82, 2.24) is 14.8 Å². The van der Waals surface area contributed by atoms with Crippen LogP contribution in [-0.2, 0) is 33.4 Å². The molecule has 1 aliphatic heterocycles. The third-order valence-corrected chi connectivity index (χ3v) is 5.70. The van der Waals surface area contributed by atoms with Crippen LogP contribution >= 0.6 is 0 Å². The van der Waals surface area contributed by atoms with E-state index in [2.05, 4.69) is 10.2 Å². The van der Waals surface area contributed by atoms with Crippen LogP contribution in [0.5, 0.6) is 0 Å². The second-order valence-electron chi connectivity index (χ2n) is 5.92. The fourth-order valence-electron chi connectivity index (χ4n) is 2.79. The zero-order valence-corrected chi connectivity index (χ0v) is 14.4. The summed E-state index contributed by atoms with van der Waals surface area (Å²) in [5.74, 6) is 0.746. The van der Waals surface area contributed by atoms with Gasteiger partial charge in [-0.1, -0.05) is 18.2 Å². The van der Waals surface area contributed by atoms with Crippen molar-refractivity contribution in [3.8, 4) is 0 Å². The summed E-state index contributed by atoms with van der Waals surface area (Å²) in [5, 5.41) is 7.99. The zero-order valence-electron chi connectivity index (χ0n) is 13.6. The Hall–Kier alpha value is -2.22. The van der Waals surface area contributed by atoms with Crippen molar-refractivity contribution in [1.29, 1.82) is 0 Å². The van der Waals surface area contributed by atoms with Gasteiger partial charge in [0, 0.05) is 32.1 Å². The summed E-state index contributed by atoms with van der Waals surface area (Å²) in [5.41, 5.74) is 0.746. The fraction of sp³-hybridized carbons (Fsp3) is 0.438. The van der Waals surface area contributed by atoms with Crippen LogP contribution in [0.15, 0.2) is 30.3 Å². The minimum Gasteiger partial charge on any atom is -0.315 e. The van der Waals surface area contributed by atoms with Crippen molar-refractivity contribution in [2.24, 2.45) is 0 Å². The molecule has 1 aliphatic rings. The van der Waals surface area contributed by atoms with Crippen molar-refractivity contribution in [2.75, 3.05) is 17.7 Å². The number of amides is 1. The maximum atomic E-state index is 12.3. The molecule has 0 bridgehead atoms. The number of aryl methyl sites for hydroxylation is 1. The molecule has 3 rings (SSSR count). The summed E-state index contributed by atoms with van der Waals surface area (Å²) in [4.78, 5) is 13.7. The topological polar surface area (TPSA) is 85.2 Å². The molecule has 0 aliphatic carbocycles. The van der Waals surface area contributed by atoms with Gasteiger partial charge in [-0.2, -0.15) is 0 Å². The van der Waals surface area contributed by atoms with E-state index >= 15 is 0 Å². The SMILES string of the molecule is CN(C(=O)CCS(=O)(=O)Cc1nnc2n1CCC2)c1ccccc1. The third kappa shape index (κ3) is 3.64. The quantitative estimate of drug-likeness (QED) is 0.783. The zero-order chi connectivity index (χ0) is 17.2. The second-order valence-corrected chi connectivity index (χ2v) is 8.10. The lowest BCUT2D eigenvalue weighted by molar-refractivity contribution is -0.117. The number of hydrogen-bond donors (Lipinski definition) is 0. The molecule has 0 atom stereocenters. The number of benzene rings is 1. The van der Waals surface area contributed by atoms with Gasteiger partial charge in [-0.25, -0.2) is 8.42 Å². The van der Waals surface area contributed by atoms with Crippen LogP contribution in [0.1, 0.15) is 24.5 Å². The number of carbonyl (C=O) groups excluding carboxylic acids is 1. The van der Waals surface area contributed by atoms with E-state index in [1.54, 1.807) is 7.05 Å². The van der Waals surface area contributed by atoms with Gasteiger partial charge in [0.2, 0.25) is 5.91 Å². The largest absolute Gasteiger partial charge is 0.315 e. The predicted octanol–water partition coefficient (Wildman–Crippen LogP) is 1.19. The van der Waals surface area contributed by atoms with Crippen LogP contribution in [0.25, 0.3) is 0 Å². The second kappa shape index (κ2) is 6.72. The van der Waals surface area contributed by atoms with Crippen molar-refractivity contribution in [2.45, 2.75) is 31.6 Å². The molecule has 2 heterocycles. The molecule has 7 nitrogen and oxygen atoms in total. The summed E-state index contributed by atoms with van der Waals surface area (Å²) >= 11 is 0. The lowest BCUT2D eigenvalue weighted by Crippen LogP contribution is -2.28. The maximum Gasteiger partial charge on any atom is 0.227 e. The number of rotatable bonds is 6. The number of sulfone groups is 1. The highest BCUT2D eigenvalue weighted by atomic mass is 32.2. The number of anilines is 1. The van der Waals surface area contributed by atoms with E-state index in [9.17, 15) is 13.2 Å². The number of hydrogen-bond acceptors (Lipinski definition) is 5. The average molecular weight is 348 g/mol. The Morgan fingerprint density at radius 1 is 1.25 bits per heavy atom. The van der Waals surface area contributed by atoms with Crippen LogP contribution in [0.2, 0.25) is 0 Å². The van der Waals surface area contributed by atoms with Gasteiger partial charge >= 0.3 is 0 Å². The summed E-state index contributed by atoms with van der Waals surface area (Å²) in [6.07, 6.45) is 1.76. The first kappa shape index (κ1) is 16.6. The van der Waals surface area contributed by atoms with Gasteiger partial charge < -0.3 is 9.47 Å². The molecule has 1 aromatic heterocycles. The number of aromatic nitrogens is 3. The van der Waals surface area contributed by atoms with Crippen LogP contribution in [-0.4, -0.2) is 41.9 Å². The molecule has 0 fully saturated rings. The molecule has 128 valence electrons. The Kier molecular flexibility index (Phi) is 4.66. The highest BCUT2D eigenvalue weighted by Gasteiger charge is 2.23. The molecule has 1 aromatic carbocycles.